The number of hydrogen-bond acceptors (Lipinski definition) is 4. The van der Waals surface area contributed by atoms with E-state index in [0.717, 1.165) is 26.8 Å². The summed E-state index contributed by atoms with van der Waals surface area (Å²) in [4.78, 5) is 19.4. The van der Waals surface area contributed by atoms with Crippen LogP contribution in [0.15, 0.2) is 65.4 Å². The number of fused-ring (bicyclic) bond motifs is 1. The smallest absolute Gasteiger partial charge is 0.358 e. The summed E-state index contributed by atoms with van der Waals surface area (Å²) < 4.78 is 2.81. The summed E-state index contributed by atoms with van der Waals surface area (Å²) in [5.74, 6) is -0.178. The van der Waals surface area contributed by atoms with Crippen LogP contribution in [0.5, 0.6) is 0 Å². The van der Waals surface area contributed by atoms with Crippen molar-refractivity contribution in [3.05, 3.63) is 81.1 Å². The SMILES string of the molecule is CC.Cc1ccc(-n2c(-c3cccnc3[N+](=O)[O-])cc3ncc(Br)cc32)cc1. The number of nitro groups is 1. The quantitative estimate of drug-likeness (QED) is 0.286. The zero-order chi connectivity index (χ0) is 20.3. The molecule has 3 aromatic heterocycles. The monoisotopic (exact) mass is 438 g/mol. The zero-order valence-corrected chi connectivity index (χ0v) is 17.3. The maximum absolute atomic E-state index is 11.5. The second-order valence-corrected chi connectivity index (χ2v) is 6.81. The molecule has 0 aliphatic carbocycles. The molecule has 0 fully saturated rings. The van der Waals surface area contributed by atoms with Crippen LogP contribution in [-0.2, 0) is 0 Å². The normalized spacial score (nSPS) is 10.4. The van der Waals surface area contributed by atoms with Crippen molar-refractivity contribution < 1.29 is 4.92 Å². The van der Waals surface area contributed by atoms with Crippen molar-refractivity contribution in [1.29, 1.82) is 0 Å². The van der Waals surface area contributed by atoms with Gasteiger partial charge in [0.2, 0.25) is 0 Å². The van der Waals surface area contributed by atoms with E-state index >= 15 is 0 Å². The highest BCUT2D eigenvalue weighted by atomic mass is 79.9. The predicted molar refractivity (Wildman–Crippen MR) is 115 cm³/mol. The Morgan fingerprint density at radius 1 is 1.07 bits per heavy atom. The van der Waals surface area contributed by atoms with Crippen molar-refractivity contribution in [3.8, 4) is 16.9 Å². The van der Waals surface area contributed by atoms with Gasteiger partial charge < -0.3 is 14.7 Å². The summed E-state index contributed by atoms with van der Waals surface area (Å²) in [5.41, 5.74) is 4.77. The minimum Gasteiger partial charge on any atom is -0.358 e. The minimum absolute atomic E-state index is 0.178. The molecule has 0 saturated carbocycles. The first-order chi connectivity index (χ1) is 13.5. The lowest BCUT2D eigenvalue weighted by Crippen LogP contribution is -2.00. The first-order valence-electron chi connectivity index (χ1n) is 8.88. The average Bonchev–Trinajstić information content (AvgIpc) is 3.08. The van der Waals surface area contributed by atoms with Gasteiger partial charge in [-0.1, -0.05) is 31.5 Å². The molecule has 0 saturated heterocycles. The van der Waals surface area contributed by atoms with Crippen LogP contribution in [0.4, 0.5) is 5.82 Å². The van der Waals surface area contributed by atoms with Gasteiger partial charge in [-0.25, -0.2) is 0 Å². The topological polar surface area (TPSA) is 73.8 Å². The Labute approximate surface area is 171 Å². The Kier molecular flexibility index (Phi) is 5.84. The Morgan fingerprint density at radius 3 is 2.46 bits per heavy atom. The Morgan fingerprint density at radius 2 is 1.79 bits per heavy atom. The number of nitrogens with zero attached hydrogens (tertiary/aromatic N) is 4. The van der Waals surface area contributed by atoms with Gasteiger partial charge in [0, 0.05) is 16.4 Å². The summed E-state index contributed by atoms with van der Waals surface area (Å²) in [5, 5.41) is 11.5. The van der Waals surface area contributed by atoms with Crippen LogP contribution in [0.25, 0.3) is 28.0 Å². The average molecular weight is 439 g/mol. The molecule has 0 radical (unpaired) electrons. The second-order valence-electron chi connectivity index (χ2n) is 5.89. The van der Waals surface area contributed by atoms with E-state index in [9.17, 15) is 10.1 Å². The van der Waals surface area contributed by atoms with E-state index in [2.05, 4.69) is 25.9 Å². The molecule has 0 atom stereocenters. The summed E-state index contributed by atoms with van der Waals surface area (Å²) in [6.07, 6.45) is 3.14. The fourth-order valence-corrected chi connectivity index (χ4v) is 3.29. The van der Waals surface area contributed by atoms with Crippen LogP contribution in [-0.4, -0.2) is 19.5 Å². The molecular weight excluding hydrogens is 420 g/mol. The van der Waals surface area contributed by atoms with Crippen LogP contribution >= 0.6 is 15.9 Å². The van der Waals surface area contributed by atoms with Crippen molar-refractivity contribution in [2.24, 2.45) is 0 Å². The first-order valence-corrected chi connectivity index (χ1v) is 9.68. The third kappa shape index (κ3) is 3.66. The lowest BCUT2D eigenvalue weighted by molar-refractivity contribution is -0.388. The van der Waals surface area contributed by atoms with Gasteiger partial charge in [0.05, 0.1) is 22.3 Å². The van der Waals surface area contributed by atoms with Crippen LogP contribution < -0.4 is 0 Å². The van der Waals surface area contributed by atoms with Gasteiger partial charge in [0.15, 0.2) is 0 Å². The molecule has 0 amide bonds. The first kappa shape index (κ1) is 19.7. The van der Waals surface area contributed by atoms with Gasteiger partial charge in [-0.2, -0.15) is 0 Å². The fraction of sp³-hybridized carbons (Fsp3) is 0.143. The molecule has 4 aromatic rings. The van der Waals surface area contributed by atoms with Crippen molar-refractivity contribution in [1.82, 2.24) is 14.5 Å². The van der Waals surface area contributed by atoms with Crippen molar-refractivity contribution in [2.75, 3.05) is 0 Å². The molecule has 28 heavy (non-hydrogen) atoms. The Balaban J connectivity index is 0.00000109. The van der Waals surface area contributed by atoms with E-state index in [1.165, 1.54) is 6.20 Å². The molecule has 6 nitrogen and oxygen atoms in total. The molecule has 4 rings (SSSR count). The van der Waals surface area contributed by atoms with Crippen molar-refractivity contribution >= 4 is 32.8 Å². The van der Waals surface area contributed by atoms with Gasteiger partial charge in [0.1, 0.15) is 6.20 Å². The molecule has 0 aliphatic rings. The number of pyridine rings is 2. The summed E-state index contributed by atoms with van der Waals surface area (Å²) >= 11 is 3.46. The predicted octanol–water partition coefficient (Wildman–Crippen LogP) is 6.09. The van der Waals surface area contributed by atoms with Gasteiger partial charge in [-0.3, -0.25) is 4.98 Å². The van der Waals surface area contributed by atoms with E-state index in [1.54, 1.807) is 18.3 Å². The van der Waals surface area contributed by atoms with Gasteiger partial charge in [-0.05, 0) is 69.2 Å². The lowest BCUT2D eigenvalue weighted by Gasteiger charge is -2.11. The van der Waals surface area contributed by atoms with Crippen LogP contribution in [0.1, 0.15) is 19.4 Å². The highest BCUT2D eigenvalue weighted by molar-refractivity contribution is 9.10. The van der Waals surface area contributed by atoms with E-state index in [1.807, 2.05) is 61.7 Å². The third-order valence-electron chi connectivity index (χ3n) is 4.15. The Bertz CT molecular complexity index is 1140. The number of aromatic nitrogens is 3. The summed E-state index contributed by atoms with van der Waals surface area (Å²) in [6, 6.07) is 15.2. The van der Waals surface area contributed by atoms with E-state index in [4.69, 9.17) is 0 Å². The van der Waals surface area contributed by atoms with E-state index < -0.39 is 4.92 Å². The van der Waals surface area contributed by atoms with Gasteiger partial charge in [-0.15, -0.1) is 0 Å². The number of benzene rings is 1. The van der Waals surface area contributed by atoms with E-state index in [0.29, 0.717) is 11.3 Å². The standard InChI is InChI=1S/C19H13BrN4O2.C2H6/c1-12-4-6-14(7-5-12)23-17(10-16-18(23)9-13(20)11-22-16)15-3-2-8-21-19(15)24(25)26;1-2/h2-11H,1H3;1-2H3. The lowest BCUT2D eigenvalue weighted by atomic mass is 10.1. The highest BCUT2D eigenvalue weighted by Crippen LogP contribution is 2.35. The number of halogens is 1. The van der Waals surface area contributed by atoms with E-state index in [-0.39, 0.29) is 5.82 Å². The molecule has 7 heteroatoms. The Hall–Kier alpha value is -3.06. The zero-order valence-electron chi connectivity index (χ0n) is 15.8. The summed E-state index contributed by atoms with van der Waals surface area (Å²) in [6.45, 7) is 6.02. The van der Waals surface area contributed by atoms with Crippen LogP contribution in [0.3, 0.4) is 0 Å². The molecule has 0 spiro atoms. The maximum atomic E-state index is 11.5. The molecule has 0 bridgehead atoms. The maximum Gasteiger partial charge on any atom is 0.372 e. The third-order valence-corrected chi connectivity index (χ3v) is 4.58. The van der Waals surface area contributed by atoms with Crippen LogP contribution in [0.2, 0.25) is 0 Å². The molecule has 1 aromatic carbocycles. The van der Waals surface area contributed by atoms with Crippen molar-refractivity contribution in [3.63, 3.8) is 0 Å². The molecule has 3 heterocycles. The van der Waals surface area contributed by atoms with Gasteiger partial charge >= 0.3 is 5.82 Å². The fourth-order valence-electron chi connectivity index (χ4n) is 2.97. The molecule has 0 N–H and O–H groups in total. The molecular formula is C21H19BrN4O2. The molecule has 142 valence electrons. The van der Waals surface area contributed by atoms with Gasteiger partial charge in [0.25, 0.3) is 0 Å². The van der Waals surface area contributed by atoms with Crippen molar-refractivity contribution in [2.45, 2.75) is 20.8 Å². The molecule has 0 unspecified atom stereocenters. The minimum atomic E-state index is -0.462. The summed E-state index contributed by atoms with van der Waals surface area (Å²) in [7, 11) is 0. The highest BCUT2D eigenvalue weighted by Gasteiger charge is 2.22. The second kappa shape index (κ2) is 8.31. The molecule has 0 aliphatic heterocycles. The van der Waals surface area contributed by atoms with Crippen LogP contribution in [0, 0.1) is 17.0 Å². The number of rotatable bonds is 3. The number of hydrogen-bond donors (Lipinski definition) is 0. The largest absolute Gasteiger partial charge is 0.372 e. The number of aryl methyl sites for hydroxylation is 1.